The molecule has 2 rings (SSSR count). The van der Waals surface area contributed by atoms with Gasteiger partial charge in [0.1, 0.15) is 0 Å². The molecule has 1 aromatic heterocycles. The molecule has 7 nitrogen and oxygen atoms in total. The first-order valence-corrected chi connectivity index (χ1v) is 8.36. The van der Waals surface area contributed by atoms with Gasteiger partial charge in [0.15, 0.2) is 5.82 Å². The van der Waals surface area contributed by atoms with Crippen LogP contribution in [0.15, 0.2) is 34.9 Å². The SMILES string of the molecule is C[C@H](NC(=O)NCC(C)(C)N(C)C)c1noc(Cc2ccccc2)n1. The molecule has 0 radical (unpaired) electrons. The summed E-state index contributed by atoms with van der Waals surface area (Å²) in [5.74, 6) is 0.997. The molecule has 0 aliphatic heterocycles. The zero-order valence-corrected chi connectivity index (χ0v) is 15.5. The fourth-order valence-electron chi connectivity index (χ4n) is 2.05. The first-order valence-electron chi connectivity index (χ1n) is 8.36. The standard InChI is InChI=1S/C18H27N5O2/c1-13(20-17(24)19-12-18(2,3)23(4)5)16-21-15(25-22-16)11-14-9-7-6-8-10-14/h6-10,13H,11-12H2,1-5H3,(H2,19,20,24)/t13-/m0/s1. The van der Waals surface area contributed by atoms with E-state index >= 15 is 0 Å². The average Bonchev–Trinajstić information content (AvgIpc) is 3.02. The summed E-state index contributed by atoms with van der Waals surface area (Å²) in [5.41, 5.74) is 0.970. The summed E-state index contributed by atoms with van der Waals surface area (Å²) in [6.07, 6.45) is 0.573. The van der Waals surface area contributed by atoms with Crippen molar-refractivity contribution in [1.82, 2.24) is 25.7 Å². The van der Waals surface area contributed by atoms with E-state index in [1.807, 2.05) is 51.4 Å². The van der Waals surface area contributed by atoms with Crippen LogP contribution >= 0.6 is 0 Å². The molecule has 0 saturated heterocycles. The number of urea groups is 1. The normalized spacial score (nSPS) is 12.9. The highest BCUT2D eigenvalue weighted by Crippen LogP contribution is 2.12. The molecule has 1 atom stereocenters. The van der Waals surface area contributed by atoms with Crippen LogP contribution in [0.1, 0.15) is 44.1 Å². The van der Waals surface area contributed by atoms with Crippen molar-refractivity contribution in [3.05, 3.63) is 47.6 Å². The molecule has 2 amide bonds. The summed E-state index contributed by atoms with van der Waals surface area (Å²) in [5, 5.41) is 9.67. The lowest BCUT2D eigenvalue weighted by Gasteiger charge is -2.32. The maximum absolute atomic E-state index is 12.1. The maximum Gasteiger partial charge on any atom is 0.315 e. The van der Waals surface area contributed by atoms with Crippen LogP contribution in [-0.2, 0) is 6.42 Å². The third-order valence-corrected chi connectivity index (χ3v) is 4.31. The van der Waals surface area contributed by atoms with Crippen LogP contribution in [0.2, 0.25) is 0 Å². The number of benzene rings is 1. The van der Waals surface area contributed by atoms with E-state index in [1.54, 1.807) is 0 Å². The van der Waals surface area contributed by atoms with Gasteiger partial charge in [-0.3, -0.25) is 0 Å². The monoisotopic (exact) mass is 345 g/mol. The van der Waals surface area contributed by atoms with Gasteiger partial charge in [-0.15, -0.1) is 0 Å². The van der Waals surface area contributed by atoms with Gasteiger partial charge >= 0.3 is 6.03 Å². The lowest BCUT2D eigenvalue weighted by atomic mass is 10.0. The molecule has 0 bridgehead atoms. The highest BCUT2D eigenvalue weighted by Gasteiger charge is 2.22. The van der Waals surface area contributed by atoms with Gasteiger partial charge in [0.2, 0.25) is 5.89 Å². The molecule has 25 heavy (non-hydrogen) atoms. The Morgan fingerprint density at radius 3 is 2.60 bits per heavy atom. The minimum absolute atomic E-state index is 0.129. The summed E-state index contributed by atoms with van der Waals surface area (Å²) in [7, 11) is 3.96. The molecule has 2 aromatic rings. The predicted octanol–water partition coefficient (Wildman–Crippen LogP) is 2.36. The Kier molecular flexibility index (Phi) is 6.14. The first-order chi connectivity index (χ1) is 11.8. The molecule has 0 fully saturated rings. The van der Waals surface area contributed by atoms with Gasteiger partial charge in [0.05, 0.1) is 12.5 Å². The van der Waals surface area contributed by atoms with Gasteiger partial charge in [0, 0.05) is 12.1 Å². The van der Waals surface area contributed by atoms with E-state index in [-0.39, 0.29) is 17.6 Å². The van der Waals surface area contributed by atoms with Crippen molar-refractivity contribution in [2.24, 2.45) is 0 Å². The number of nitrogens with zero attached hydrogens (tertiary/aromatic N) is 3. The van der Waals surface area contributed by atoms with Crippen molar-refractivity contribution in [2.45, 2.75) is 38.8 Å². The fraction of sp³-hybridized carbons (Fsp3) is 0.500. The summed E-state index contributed by atoms with van der Waals surface area (Å²) < 4.78 is 5.28. The van der Waals surface area contributed by atoms with Gasteiger partial charge in [-0.05, 0) is 40.4 Å². The second-order valence-corrected chi connectivity index (χ2v) is 6.96. The number of nitrogens with one attached hydrogen (secondary N) is 2. The van der Waals surface area contributed by atoms with Crippen molar-refractivity contribution in [1.29, 1.82) is 0 Å². The van der Waals surface area contributed by atoms with E-state index < -0.39 is 0 Å². The highest BCUT2D eigenvalue weighted by molar-refractivity contribution is 5.74. The number of likely N-dealkylation sites (N-methyl/N-ethyl adjacent to an activating group) is 1. The van der Waals surface area contributed by atoms with Crippen molar-refractivity contribution in [2.75, 3.05) is 20.6 Å². The number of carbonyl (C=O) groups is 1. The predicted molar refractivity (Wildman–Crippen MR) is 96.3 cm³/mol. The van der Waals surface area contributed by atoms with E-state index in [0.717, 1.165) is 5.56 Å². The van der Waals surface area contributed by atoms with E-state index in [9.17, 15) is 4.79 Å². The lowest BCUT2D eigenvalue weighted by molar-refractivity contribution is 0.185. The Morgan fingerprint density at radius 2 is 1.96 bits per heavy atom. The second-order valence-electron chi connectivity index (χ2n) is 6.96. The third kappa shape index (κ3) is 5.56. The van der Waals surface area contributed by atoms with Crippen LogP contribution < -0.4 is 10.6 Å². The number of amides is 2. The number of rotatable bonds is 7. The van der Waals surface area contributed by atoms with Gasteiger partial charge in [-0.2, -0.15) is 4.98 Å². The van der Waals surface area contributed by atoms with Crippen LogP contribution in [0, 0.1) is 0 Å². The zero-order valence-electron chi connectivity index (χ0n) is 15.5. The van der Waals surface area contributed by atoms with Gasteiger partial charge < -0.3 is 20.1 Å². The van der Waals surface area contributed by atoms with Crippen molar-refractivity contribution < 1.29 is 9.32 Å². The molecule has 0 unspecified atom stereocenters. The summed E-state index contributed by atoms with van der Waals surface area (Å²) in [4.78, 5) is 18.5. The van der Waals surface area contributed by atoms with Crippen LogP contribution in [0.25, 0.3) is 0 Å². The third-order valence-electron chi connectivity index (χ3n) is 4.31. The smallest absolute Gasteiger partial charge is 0.315 e. The first kappa shape index (κ1) is 18.9. The van der Waals surface area contributed by atoms with Crippen LogP contribution in [0.5, 0.6) is 0 Å². The van der Waals surface area contributed by atoms with Crippen molar-refractivity contribution in [3.63, 3.8) is 0 Å². The van der Waals surface area contributed by atoms with E-state index in [2.05, 4.69) is 39.5 Å². The highest BCUT2D eigenvalue weighted by atomic mass is 16.5. The van der Waals surface area contributed by atoms with Gasteiger partial charge in [0.25, 0.3) is 0 Å². The van der Waals surface area contributed by atoms with Crippen molar-refractivity contribution >= 4 is 6.03 Å². The molecule has 2 N–H and O–H groups in total. The van der Waals surface area contributed by atoms with E-state index in [4.69, 9.17) is 4.52 Å². The molecule has 136 valence electrons. The molecule has 0 aliphatic rings. The molecule has 0 spiro atoms. The van der Waals surface area contributed by atoms with Gasteiger partial charge in [-0.1, -0.05) is 35.5 Å². The Balaban J connectivity index is 1.86. The summed E-state index contributed by atoms with van der Waals surface area (Å²) in [6, 6.07) is 9.32. The minimum atomic E-state index is -0.337. The second kappa shape index (κ2) is 8.11. The van der Waals surface area contributed by atoms with Crippen molar-refractivity contribution in [3.8, 4) is 0 Å². The molecule has 0 saturated carbocycles. The Labute approximate surface area is 148 Å². The summed E-state index contributed by atoms with van der Waals surface area (Å²) >= 11 is 0. The molecule has 7 heteroatoms. The minimum Gasteiger partial charge on any atom is -0.339 e. The number of carbonyl (C=O) groups excluding carboxylic acids is 1. The quantitative estimate of drug-likeness (QED) is 0.805. The maximum atomic E-state index is 12.1. The average molecular weight is 345 g/mol. The fourth-order valence-corrected chi connectivity index (χ4v) is 2.05. The number of aromatic nitrogens is 2. The number of hydrogen-bond acceptors (Lipinski definition) is 5. The molecule has 0 aliphatic carbocycles. The Hall–Kier alpha value is -2.41. The van der Waals surface area contributed by atoms with Crippen LogP contribution in [0.4, 0.5) is 4.79 Å². The van der Waals surface area contributed by atoms with Crippen LogP contribution in [-0.4, -0.2) is 47.3 Å². The molecular weight excluding hydrogens is 318 g/mol. The van der Waals surface area contributed by atoms with E-state index in [0.29, 0.717) is 24.7 Å². The zero-order chi connectivity index (χ0) is 18.4. The molecule has 1 heterocycles. The number of hydrogen-bond donors (Lipinski definition) is 2. The van der Waals surface area contributed by atoms with Crippen LogP contribution in [0.3, 0.4) is 0 Å². The largest absolute Gasteiger partial charge is 0.339 e. The Morgan fingerprint density at radius 1 is 1.28 bits per heavy atom. The van der Waals surface area contributed by atoms with E-state index in [1.165, 1.54) is 0 Å². The molecular formula is C18H27N5O2. The Bertz CT molecular complexity index is 682. The summed E-state index contributed by atoms with van der Waals surface area (Å²) in [6.45, 7) is 6.48. The van der Waals surface area contributed by atoms with Gasteiger partial charge in [-0.25, -0.2) is 4.79 Å². The lowest BCUT2D eigenvalue weighted by Crippen LogP contribution is -2.50. The topological polar surface area (TPSA) is 83.3 Å². The molecule has 1 aromatic carbocycles.